The highest BCUT2D eigenvalue weighted by Gasteiger charge is 2.16. The molecule has 1 atom stereocenters. The third kappa shape index (κ3) is 4.81. The van der Waals surface area contributed by atoms with Crippen molar-refractivity contribution in [1.29, 1.82) is 0 Å². The van der Waals surface area contributed by atoms with Gasteiger partial charge in [-0.2, -0.15) is 0 Å². The van der Waals surface area contributed by atoms with Crippen LogP contribution in [0.15, 0.2) is 30.3 Å². The van der Waals surface area contributed by atoms with Crippen molar-refractivity contribution in [2.24, 2.45) is 5.73 Å². The molecular formula is C22H35NO. The van der Waals surface area contributed by atoms with Crippen LogP contribution in [0.1, 0.15) is 82.0 Å². The standard InChI is InChI=1S/C22H33N.H2O/c1-4-7-8-9-10-15-21(23)22-19(6-3)17(5-2)16-18-13-11-12-14-20(18)22;/h11-14,16,21H,4-10,15,23H2,1-3H3;1H2. The van der Waals surface area contributed by atoms with Crippen molar-refractivity contribution >= 4 is 10.8 Å². The summed E-state index contributed by atoms with van der Waals surface area (Å²) in [6.45, 7) is 6.78. The first-order chi connectivity index (χ1) is 11.2. The van der Waals surface area contributed by atoms with Gasteiger partial charge in [-0.15, -0.1) is 0 Å². The molecule has 0 amide bonds. The fraction of sp³-hybridized carbons (Fsp3) is 0.545. The quantitative estimate of drug-likeness (QED) is 0.607. The predicted molar refractivity (Wildman–Crippen MR) is 107 cm³/mol. The van der Waals surface area contributed by atoms with Gasteiger partial charge in [-0.3, -0.25) is 0 Å². The van der Waals surface area contributed by atoms with Crippen molar-refractivity contribution in [3.63, 3.8) is 0 Å². The Kier molecular flexibility index (Phi) is 9.02. The van der Waals surface area contributed by atoms with Crippen molar-refractivity contribution in [3.8, 4) is 0 Å². The molecule has 2 nitrogen and oxygen atoms in total. The minimum Gasteiger partial charge on any atom is -0.412 e. The van der Waals surface area contributed by atoms with Gasteiger partial charge >= 0.3 is 0 Å². The molecule has 0 aromatic heterocycles. The molecule has 0 radical (unpaired) electrons. The van der Waals surface area contributed by atoms with Crippen LogP contribution in [0.25, 0.3) is 10.8 Å². The molecule has 2 rings (SSSR count). The Morgan fingerprint density at radius 2 is 1.62 bits per heavy atom. The van der Waals surface area contributed by atoms with Crippen LogP contribution in [0.4, 0.5) is 0 Å². The van der Waals surface area contributed by atoms with Gasteiger partial charge in [0, 0.05) is 6.04 Å². The summed E-state index contributed by atoms with van der Waals surface area (Å²) in [5, 5.41) is 2.71. The van der Waals surface area contributed by atoms with Crippen molar-refractivity contribution in [1.82, 2.24) is 0 Å². The summed E-state index contributed by atoms with van der Waals surface area (Å²) in [7, 11) is 0. The van der Waals surface area contributed by atoms with E-state index >= 15 is 0 Å². The summed E-state index contributed by atoms with van der Waals surface area (Å²) < 4.78 is 0. The zero-order chi connectivity index (χ0) is 16.7. The zero-order valence-corrected chi connectivity index (χ0v) is 15.7. The highest BCUT2D eigenvalue weighted by molar-refractivity contribution is 5.88. The van der Waals surface area contributed by atoms with Crippen LogP contribution < -0.4 is 5.73 Å². The Labute approximate surface area is 147 Å². The SMILES string of the molecule is CCCCCCCC(N)c1c(CC)c(CC)cc2ccccc12.O. The minimum atomic E-state index is 0. The summed E-state index contributed by atoms with van der Waals surface area (Å²) in [6, 6.07) is 11.3. The second-order valence-corrected chi connectivity index (χ2v) is 6.67. The van der Waals surface area contributed by atoms with Crippen molar-refractivity contribution < 1.29 is 5.48 Å². The Morgan fingerprint density at radius 3 is 2.29 bits per heavy atom. The van der Waals surface area contributed by atoms with Gasteiger partial charge in [0.05, 0.1) is 0 Å². The number of fused-ring (bicyclic) bond motifs is 1. The minimum absolute atomic E-state index is 0. The van der Waals surface area contributed by atoms with Gasteiger partial charge in [0.25, 0.3) is 0 Å². The largest absolute Gasteiger partial charge is 0.412 e. The van der Waals surface area contributed by atoms with E-state index < -0.39 is 0 Å². The summed E-state index contributed by atoms with van der Waals surface area (Å²) in [6.07, 6.45) is 9.83. The van der Waals surface area contributed by atoms with Gasteiger partial charge < -0.3 is 11.2 Å². The summed E-state index contributed by atoms with van der Waals surface area (Å²) in [4.78, 5) is 0. The molecule has 0 aliphatic rings. The van der Waals surface area contributed by atoms with Gasteiger partial charge in [0.15, 0.2) is 0 Å². The lowest BCUT2D eigenvalue weighted by Gasteiger charge is -2.22. The monoisotopic (exact) mass is 329 g/mol. The molecule has 0 spiro atoms. The third-order valence-corrected chi connectivity index (χ3v) is 5.02. The maximum atomic E-state index is 6.68. The molecular weight excluding hydrogens is 294 g/mol. The lowest BCUT2D eigenvalue weighted by Crippen LogP contribution is -2.14. The van der Waals surface area contributed by atoms with Crippen molar-refractivity contribution in [2.75, 3.05) is 0 Å². The molecule has 0 aliphatic carbocycles. The molecule has 0 saturated heterocycles. The molecule has 0 fully saturated rings. The van der Waals surface area contributed by atoms with Crippen LogP contribution in [0.5, 0.6) is 0 Å². The molecule has 24 heavy (non-hydrogen) atoms. The van der Waals surface area contributed by atoms with E-state index in [0.29, 0.717) is 0 Å². The van der Waals surface area contributed by atoms with E-state index in [1.807, 2.05) is 0 Å². The second-order valence-electron chi connectivity index (χ2n) is 6.67. The van der Waals surface area contributed by atoms with E-state index in [0.717, 1.165) is 19.3 Å². The number of hydrogen-bond donors (Lipinski definition) is 1. The number of rotatable bonds is 9. The predicted octanol–water partition coefficient (Wildman–Crippen LogP) is 5.50. The van der Waals surface area contributed by atoms with Crippen molar-refractivity contribution in [2.45, 2.75) is 78.2 Å². The maximum Gasteiger partial charge on any atom is 0.0303 e. The van der Waals surface area contributed by atoms with Gasteiger partial charge in [0.2, 0.25) is 0 Å². The smallest absolute Gasteiger partial charge is 0.0303 e. The van der Waals surface area contributed by atoms with Gasteiger partial charge in [0.1, 0.15) is 0 Å². The average molecular weight is 330 g/mol. The lowest BCUT2D eigenvalue weighted by molar-refractivity contribution is 0.554. The summed E-state index contributed by atoms with van der Waals surface area (Å²) >= 11 is 0. The van der Waals surface area contributed by atoms with Gasteiger partial charge in [-0.05, 0) is 46.7 Å². The van der Waals surface area contributed by atoms with E-state index in [1.165, 1.54) is 59.6 Å². The van der Waals surface area contributed by atoms with Crippen LogP contribution >= 0.6 is 0 Å². The van der Waals surface area contributed by atoms with Crippen LogP contribution in [-0.2, 0) is 12.8 Å². The summed E-state index contributed by atoms with van der Waals surface area (Å²) in [5.74, 6) is 0. The number of unbranched alkanes of at least 4 members (excludes halogenated alkanes) is 4. The van der Waals surface area contributed by atoms with E-state index in [4.69, 9.17) is 5.73 Å². The Hall–Kier alpha value is -1.38. The third-order valence-electron chi connectivity index (χ3n) is 5.02. The first-order valence-electron chi connectivity index (χ1n) is 9.51. The van der Waals surface area contributed by atoms with Crippen molar-refractivity contribution in [3.05, 3.63) is 47.0 Å². The molecule has 2 aromatic carbocycles. The molecule has 2 heteroatoms. The zero-order valence-electron chi connectivity index (χ0n) is 15.7. The van der Waals surface area contributed by atoms with Crippen LogP contribution in [0.3, 0.4) is 0 Å². The Morgan fingerprint density at radius 1 is 0.917 bits per heavy atom. The molecule has 0 heterocycles. The number of nitrogens with two attached hydrogens (primary N) is 1. The normalized spacial score (nSPS) is 12.2. The second kappa shape index (κ2) is 10.5. The molecule has 4 N–H and O–H groups in total. The number of hydrogen-bond acceptors (Lipinski definition) is 1. The first kappa shape index (κ1) is 20.7. The number of benzene rings is 2. The topological polar surface area (TPSA) is 57.5 Å². The van der Waals surface area contributed by atoms with E-state index in [2.05, 4.69) is 51.1 Å². The first-order valence-corrected chi connectivity index (χ1v) is 9.51. The summed E-state index contributed by atoms with van der Waals surface area (Å²) in [5.41, 5.74) is 11.1. The van der Waals surface area contributed by atoms with Crippen LogP contribution in [0, 0.1) is 0 Å². The molecule has 0 saturated carbocycles. The molecule has 0 bridgehead atoms. The Balaban J connectivity index is 0.00000288. The van der Waals surface area contributed by atoms with Gasteiger partial charge in [-0.1, -0.05) is 83.2 Å². The maximum absolute atomic E-state index is 6.68. The molecule has 2 aromatic rings. The van der Waals surface area contributed by atoms with E-state index in [1.54, 1.807) is 0 Å². The van der Waals surface area contributed by atoms with E-state index in [9.17, 15) is 0 Å². The fourth-order valence-electron chi connectivity index (χ4n) is 3.75. The molecule has 134 valence electrons. The van der Waals surface area contributed by atoms with E-state index in [-0.39, 0.29) is 11.5 Å². The lowest BCUT2D eigenvalue weighted by atomic mass is 9.86. The average Bonchev–Trinajstić information content (AvgIpc) is 2.59. The number of aryl methyl sites for hydroxylation is 1. The highest BCUT2D eigenvalue weighted by atomic mass is 16.0. The molecule has 0 aliphatic heterocycles. The Bertz CT molecular complexity index is 621. The van der Waals surface area contributed by atoms with Crippen LogP contribution in [-0.4, -0.2) is 5.48 Å². The molecule has 1 unspecified atom stereocenters. The highest BCUT2D eigenvalue weighted by Crippen LogP contribution is 2.33. The fourth-order valence-corrected chi connectivity index (χ4v) is 3.75. The van der Waals surface area contributed by atoms with Gasteiger partial charge in [-0.25, -0.2) is 0 Å². The van der Waals surface area contributed by atoms with Crippen LogP contribution in [0.2, 0.25) is 0 Å².